The standard InChI is InChI=1S/C34H48N2O8S/c1-8-10-11-15-21-43-29-22-27(42-7)19-20-30(29)45(40,41)36(23-25(3)16-9-2)24-28(37)31(35-33(39)44-34(4,5)6)32(38)26-17-13-12-14-18-26/h8-9,12-14,17-20,22,25,28,31,37H,1-2,10-11,15-16,21,23-24H2,3-7H3,(H,35,39)/t25-,28-,31-/m1/s1. The van der Waals surface area contributed by atoms with Crippen LogP contribution in [-0.4, -0.2) is 74.3 Å². The molecule has 0 fully saturated rings. The van der Waals surface area contributed by atoms with Gasteiger partial charge in [-0.15, -0.1) is 13.2 Å². The number of Topliss-reactive ketones (excluding diaryl/α,β-unsaturated/α-hetero) is 1. The van der Waals surface area contributed by atoms with E-state index in [9.17, 15) is 23.1 Å². The lowest BCUT2D eigenvalue weighted by atomic mass is 9.99. The third-order valence-corrected chi connectivity index (χ3v) is 8.57. The van der Waals surface area contributed by atoms with Gasteiger partial charge < -0.3 is 24.6 Å². The molecule has 0 saturated carbocycles. The molecule has 3 atom stereocenters. The van der Waals surface area contributed by atoms with Gasteiger partial charge in [0.15, 0.2) is 5.78 Å². The first kappa shape index (κ1) is 37.5. The number of nitrogens with zero attached hydrogens (tertiary/aromatic N) is 1. The second-order valence-corrected chi connectivity index (χ2v) is 13.7. The number of methoxy groups -OCH3 is 1. The number of benzene rings is 2. The quantitative estimate of drug-likeness (QED) is 0.112. The molecule has 0 spiro atoms. The van der Waals surface area contributed by atoms with Gasteiger partial charge in [0.25, 0.3) is 0 Å². The summed E-state index contributed by atoms with van der Waals surface area (Å²) in [5.74, 6) is -0.268. The Bertz CT molecular complexity index is 1370. The molecule has 1 amide bonds. The molecule has 0 bridgehead atoms. The zero-order valence-corrected chi connectivity index (χ0v) is 27.8. The van der Waals surface area contributed by atoms with Crippen LogP contribution in [0.2, 0.25) is 0 Å². The van der Waals surface area contributed by atoms with Crippen molar-refractivity contribution in [2.75, 3.05) is 26.8 Å². The molecule has 0 radical (unpaired) electrons. The number of unbranched alkanes of at least 4 members (excludes halogenated alkanes) is 2. The second-order valence-electron chi connectivity index (χ2n) is 11.8. The topological polar surface area (TPSA) is 131 Å². The molecule has 45 heavy (non-hydrogen) atoms. The van der Waals surface area contributed by atoms with Crippen LogP contribution in [0.1, 0.15) is 63.7 Å². The molecule has 2 N–H and O–H groups in total. The maximum absolute atomic E-state index is 14.3. The van der Waals surface area contributed by atoms with Crippen molar-refractivity contribution in [3.63, 3.8) is 0 Å². The Kier molecular flexibility index (Phi) is 14.8. The van der Waals surface area contributed by atoms with E-state index in [1.165, 1.54) is 25.3 Å². The van der Waals surface area contributed by atoms with Gasteiger partial charge in [-0.2, -0.15) is 4.31 Å². The first-order valence-corrected chi connectivity index (χ1v) is 16.5. The Morgan fingerprint density at radius 1 is 1.04 bits per heavy atom. The number of ketones is 1. The molecule has 0 unspecified atom stereocenters. The van der Waals surface area contributed by atoms with Crippen LogP contribution in [-0.2, 0) is 14.8 Å². The molecule has 2 rings (SSSR count). The van der Waals surface area contributed by atoms with E-state index in [0.29, 0.717) is 18.6 Å². The summed E-state index contributed by atoms with van der Waals surface area (Å²) < 4.78 is 46.3. The van der Waals surface area contributed by atoms with Crippen molar-refractivity contribution in [2.24, 2.45) is 5.92 Å². The van der Waals surface area contributed by atoms with E-state index in [1.807, 2.05) is 13.0 Å². The maximum Gasteiger partial charge on any atom is 0.408 e. The molecule has 2 aromatic carbocycles. The second kappa shape index (κ2) is 17.7. The highest BCUT2D eigenvalue weighted by molar-refractivity contribution is 7.89. The Labute approximate surface area is 268 Å². The van der Waals surface area contributed by atoms with E-state index < -0.39 is 46.2 Å². The number of rotatable bonds is 19. The monoisotopic (exact) mass is 644 g/mol. The normalized spacial score (nSPS) is 13.8. The van der Waals surface area contributed by atoms with Gasteiger partial charge in [-0.3, -0.25) is 4.79 Å². The molecule has 11 heteroatoms. The van der Waals surface area contributed by atoms with Gasteiger partial charge in [-0.25, -0.2) is 13.2 Å². The highest BCUT2D eigenvalue weighted by Crippen LogP contribution is 2.32. The number of carbonyl (C=O) groups excluding carboxylic acids is 2. The Hall–Kier alpha value is -3.67. The number of amides is 1. The number of carbonyl (C=O) groups is 2. The SMILES string of the molecule is C=CCCCCOc1cc(OC)ccc1S(=O)(=O)N(C[C@H](C)CC=C)C[C@@H](O)[C@@H](NC(=O)OC(C)(C)C)C(=O)c1ccccc1. The molecule has 0 aliphatic rings. The molecule has 0 aromatic heterocycles. The lowest BCUT2D eigenvalue weighted by molar-refractivity contribution is 0.0379. The number of aliphatic hydroxyl groups is 1. The minimum absolute atomic E-state index is 0.00506. The summed E-state index contributed by atoms with van der Waals surface area (Å²) in [4.78, 5) is 26.2. The summed E-state index contributed by atoms with van der Waals surface area (Å²) in [6.45, 7) is 14.1. The van der Waals surface area contributed by atoms with Crippen LogP contribution in [0.25, 0.3) is 0 Å². The van der Waals surface area contributed by atoms with Gasteiger partial charge in [-0.1, -0.05) is 49.4 Å². The van der Waals surface area contributed by atoms with Crippen molar-refractivity contribution in [1.82, 2.24) is 9.62 Å². The largest absolute Gasteiger partial charge is 0.497 e. The fraction of sp³-hybridized carbons (Fsp3) is 0.471. The molecule has 2 aromatic rings. The third kappa shape index (κ3) is 12.0. The van der Waals surface area contributed by atoms with E-state index in [2.05, 4.69) is 18.5 Å². The highest BCUT2D eigenvalue weighted by atomic mass is 32.2. The number of hydrogen-bond acceptors (Lipinski definition) is 8. The van der Waals surface area contributed by atoms with Crippen molar-refractivity contribution in [3.05, 3.63) is 79.4 Å². The summed E-state index contributed by atoms with van der Waals surface area (Å²) in [7, 11) is -2.84. The van der Waals surface area contributed by atoms with Crippen molar-refractivity contribution >= 4 is 21.9 Å². The fourth-order valence-electron chi connectivity index (χ4n) is 4.50. The van der Waals surface area contributed by atoms with E-state index >= 15 is 0 Å². The predicted molar refractivity (Wildman–Crippen MR) is 175 cm³/mol. The molecule has 0 aliphatic heterocycles. The molecular weight excluding hydrogens is 596 g/mol. The van der Waals surface area contributed by atoms with Gasteiger partial charge in [0, 0.05) is 24.7 Å². The molecule has 0 aliphatic carbocycles. The van der Waals surface area contributed by atoms with Crippen molar-refractivity contribution in [1.29, 1.82) is 0 Å². The smallest absolute Gasteiger partial charge is 0.408 e. The van der Waals surface area contributed by atoms with E-state index in [4.69, 9.17) is 14.2 Å². The van der Waals surface area contributed by atoms with Crippen LogP contribution >= 0.6 is 0 Å². The van der Waals surface area contributed by atoms with Crippen LogP contribution in [0.3, 0.4) is 0 Å². The number of ether oxygens (including phenoxy) is 3. The van der Waals surface area contributed by atoms with Gasteiger partial charge in [0.2, 0.25) is 10.0 Å². The van der Waals surface area contributed by atoms with Crippen molar-refractivity contribution in [2.45, 2.75) is 76.0 Å². The van der Waals surface area contributed by atoms with Crippen molar-refractivity contribution < 1.29 is 37.3 Å². The number of allylic oxidation sites excluding steroid dienone is 2. The summed E-state index contributed by atoms with van der Waals surface area (Å²) >= 11 is 0. The van der Waals surface area contributed by atoms with Gasteiger partial charge in [-0.05, 0) is 64.5 Å². The first-order valence-electron chi connectivity index (χ1n) is 15.0. The highest BCUT2D eigenvalue weighted by Gasteiger charge is 2.37. The lowest BCUT2D eigenvalue weighted by Crippen LogP contribution is -2.54. The zero-order valence-electron chi connectivity index (χ0n) is 27.0. The minimum atomic E-state index is -4.31. The molecule has 0 saturated heterocycles. The Balaban J connectivity index is 2.51. The number of alkyl carbamates (subject to hydrolysis) is 1. The van der Waals surface area contributed by atoms with Gasteiger partial charge >= 0.3 is 6.09 Å². The van der Waals surface area contributed by atoms with Crippen LogP contribution in [0.5, 0.6) is 11.5 Å². The van der Waals surface area contributed by atoms with Gasteiger partial charge in [0.05, 0.1) is 19.8 Å². The molecule has 0 heterocycles. The first-order chi connectivity index (χ1) is 21.2. The summed E-state index contributed by atoms with van der Waals surface area (Å²) in [6, 6.07) is 11.1. The van der Waals surface area contributed by atoms with Crippen LogP contribution in [0, 0.1) is 5.92 Å². The summed E-state index contributed by atoms with van der Waals surface area (Å²) in [5.41, 5.74) is -0.643. The van der Waals surface area contributed by atoms with Crippen molar-refractivity contribution in [3.8, 4) is 11.5 Å². The summed E-state index contributed by atoms with van der Waals surface area (Å²) in [5, 5.41) is 14.0. The molecule has 10 nitrogen and oxygen atoms in total. The third-order valence-electron chi connectivity index (χ3n) is 6.70. The molecule has 248 valence electrons. The number of nitrogens with one attached hydrogen (secondary N) is 1. The van der Waals surface area contributed by atoms with Gasteiger partial charge in [0.1, 0.15) is 28.0 Å². The Morgan fingerprint density at radius 3 is 2.33 bits per heavy atom. The fourth-order valence-corrected chi connectivity index (χ4v) is 6.19. The van der Waals surface area contributed by atoms with E-state index in [0.717, 1.165) is 17.1 Å². The molecular formula is C34H48N2O8S. The van der Waals surface area contributed by atoms with Crippen LogP contribution < -0.4 is 14.8 Å². The average molecular weight is 645 g/mol. The lowest BCUT2D eigenvalue weighted by Gasteiger charge is -2.31. The van der Waals surface area contributed by atoms with Crippen LogP contribution in [0.15, 0.2) is 78.7 Å². The summed E-state index contributed by atoms with van der Waals surface area (Å²) in [6.07, 6.45) is 3.74. The number of hydrogen-bond donors (Lipinski definition) is 2. The predicted octanol–water partition coefficient (Wildman–Crippen LogP) is 5.77. The zero-order chi connectivity index (χ0) is 33.6. The maximum atomic E-state index is 14.3. The number of aliphatic hydroxyl groups excluding tert-OH is 1. The van der Waals surface area contributed by atoms with E-state index in [1.54, 1.807) is 57.2 Å². The minimum Gasteiger partial charge on any atom is -0.497 e. The van der Waals surface area contributed by atoms with Crippen LogP contribution in [0.4, 0.5) is 4.79 Å². The Morgan fingerprint density at radius 2 is 1.73 bits per heavy atom. The average Bonchev–Trinajstić information content (AvgIpc) is 2.98. The number of sulfonamides is 1. The van der Waals surface area contributed by atoms with E-state index in [-0.39, 0.29) is 35.3 Å².